The van der Waals surface area contributed by atoms with Gasteiger partial charge in [0.1, 0.15) is 5.82 Å². The summed E-state index contributed by atoms with van der Waals surface area (Å²) < 4.78 is 0.933. The van der Waals surface area contributed by atoms with Crippen LogP contribution in [0.3, 0.4) is 0 Å². The molecule has 6 heteroatoms. The average molecular weight is 375 g/mol. The lowest BCUT2D eigenvalue weighted by Gasteiger charge is -2.08. The highest BCUT2D eigenvalue weighted by Crippen LogP contribution is 2.24. The number of carboxylic acids is 1. The zero-order chi connectivity index (χ0) is 13.1. The van der Waals surface area contributed by atoms with E-state index >= 15 is 0 Å². The second-order valence-corrected chi connectivity index (χ2v) is 5.06. The highest BCUT2D eigenvalue weighted by Gasteiger charge is 2.06. The number of anilines is 2. The van der Waals surface area contributed by atoms with E-state index in [0.29, 0.717) is 10.8 Å². The van der Waals surface area contributed by atoms with Crippen LogP contribution in [0.4, 0.5) is 11.5 Å². The molecule has 0 amide bonds. The normalized spacial score (nSPS) is 10.1. The number of halogens is 2. The van der Waals surface area contributed by atoms with Crippen LogP contribution in [0.15, 0.2) is 36.4 Å². The molecule has 0 aliphatic carbocycles. The summed E-state index contributed by atoms with van der Waals surface area (Å²) in [5, 5.41) is 12.6. The van der Waals surface area contributed by atoms with Crippen molar-refractivity contribution in [1.82, 2.24) is 4.98 Å². The molecule has 0 saturated heterocycles. The summed E-state index contributed by atoms with van der Waals surface area (Å²) in [5.74, 6) is -0.570. The van der Waals surface area contributed by atoms with Crippen molar-refractivity contribution in [2.45, 2.75) is 0 Å². The Morgan fingerprint density at radius 2 is 2.11 bits per heavy atom. The van der Waals surface area contributed by atoms with Crippen LogP contribution in [0.5, 0.6) is 0 Å². The van der Waals surface area contributed by atoms with E-state index in [0.717, 1.165) is 9.26 Å². The molecule has 0 radical (unpaired) electrons. The van der Waals surface area contributed by atoms with Crippen LogP contribution in [0.2, 0.25) is 5.02 Å². The first kappa shape index (κ1) is 13.1. The summed E-state index contributed by atoms with van der Waals surface area (Å²) >= 11 is 8.00. The zero-order valence-electron chi connectivity index (χ0n) is 9.02. The molecule has 2 aromatic rings. The van der Waals surface area contributed by atoms with Crippen molar-refractivity contribution in [2.24, 2.45) is 0 Å². The molecule has 2 N–H and O–H groups in total. The van der Waals surface area contributed by atoms with Gasteiger partial charge in [-0.15, -0.1) is 0 Å². The van der Waals surface area contributed by atoms with E-state index in [1.54, 1.807) is 18.2 Å². The van der Waals surface area contributed by atoms with E-state index in [4.69, 9.17) is 16.7 Å². The Balaban J connectivity index is 2.28. The van der Waals surface area contributed by atoms with Gasteiger partial charge in [0.2, 0.25) is 0 Å². The molecule has 1 heterocycles. The monoisotopic (exact) mass is 374 g/mol. The van der Waals surface area contributed by atoms with Crippen molar-refractivity contribution < 1.29 is 9.90 Å². The van der Waals surface area contributed by atoms with Crippen LogP contribution in [-0.2, 0) is 0 Å². The smallest absolute Gasteiger partial charge is 0.354 e. The fourth-order valence-electron chi connectivity index (χ4n) is 1.35. The minimum absolute atomic E-state index is 0.00368. The van der Waals surface area contributed by atoms with E-state index in [1.165, 1.54) is 6.07 Å². The molecule has 92 valence electrons. The Kier molecular flexibility index (Phi) is 4.03. The van der Waals surface area contributed by atoms with Gasteiger partial charge in [-0.25, -0.2) is 9.78 Å². The van der Waals surface area contributed by atoms with Crippen LogP contribution in [0.1, 0.15) is 10.5 Å². The molecule has 0 bridgehead atoms. The molecule has 0 spiro atoms. The summed E-state index contributed by atoms with van der Waals surface area (Å²) in [6.45, 7) is 0. The van der Waals surface area contributed by atoms with Crippen LogP contribution in [0.25, 0.3) is 0 Å². The Morgan fingerprint density at radius 1 is 1.33 bits per heavy atom. The Morgan fingerprint density at radius 3 is 2.78 bits per heavy atom. The topological polar surface area (TPSA) is 62.2 Å². The molecule has 18 heavy (non-hydrogen) atoms. The summed E-state index contributed by atoms with van der Waals surface area (Å²) in [6.07, 6.45) is 0. The number of aromatic carboxylic acids is 1. The quantitative estimate of drug-likeness (QED) is 0.803. The number of benzene rings is 1. The number of pyridine rings is 1. The fraction of sp³-hybridized carbons (Fsp3) is 0. The molecule has 2 rings (SSSR count). The SMILES string of the molecule is O=C(O)c1cccc(Nc2ccc(Cl)cc2I)n1. The molecule has 0 saturated carbocycles. The number of nitrogens with one attached hydrogen (secondary N) is 1. The second-order valence-electron chi connectivity index (χ2n) is 3.46. The fourth-order valence-corrected chi connectivity index (χ4v) is 2.36. The van der Waals surface area contributed by atoms with Gasteiger partial charge in [-0.2, -0.15) is 0 Å². The largest absolute Gasteiger partial charge is 0.477 e. The predicted octanol–water partition coefficient (Wildman–Crippen LogP) is 3.78. The first-order valence-corrected chi connectivity index (χ1v) is 6.44. The van der Waals surface area contributed by atoms with E-state index in [9.17, 15) is 4.79 Å². The van der Waals surface area contributed by atoms with Gasteiger partial charge in [0, 0.05) is 8.59 Å². The van der Waals surface area contributed by atoms with Crippen LogP contribution in [-0.4, -0.2) is 16.1 Å². The van der Waals surface area contributed by atoms with Gasteiger partial charge in [-0.3, -0.25) is 0 Å². The third-order valence-corrected chi connectivity index (χ3v) is 3.29. The minimum atomic E-state index is -1.05. The highest BCUT2D eigenvalue weighted by atomic mass is 127. The molecule has 0 unspecified atom stereocenters. The van der Waals surface area contributed by atoms with Crippen molar-refractivity contribution in [2.75, 3.05) is 5.32 Å². The van der Waals surface area contributed by atoms with Gasteiger partial charge in [0.25, 0.3) is 0 Å². The van der Waals surface area contributed by atoms with Crippen molar-refractivity contribution >= 4 is 51.7 Å². The summed E-state index contributed by atoms with van der Waals surface area (Å²) in [6, 6.07) is 10.2. The number of rotatable bonds is 3. The maximum Gasteiger partial charge on any atom is 0.354 e. The van der Waals surface area contributed by atoms with Gasteiger partial charge in [-0.1, -0.05) is 17.7 Å². The van der Waals surface area contributed by atoms with Crippen LogP contribution >= 0.6 is 34.2 Å². The number of carboxylic acid groups (broad SMARTS) is 1. The molecular weight excluding hydrogens is 367 g/mol. The van der Waals surface area contributed by atoms with E-state index in [1.807, 2.05) is 12.1 Å². The van der Waals surface area contributed by atoms with Crippen molar-refractivity contribution in [3.8, 4) is 0 Å². The standard InChI is InChI=1S/C12H8ClIN2O2/c13-7-4-5-9(8(14)6-7)15-11-3-1-2-10(16-11)12(17)18/h1-6H,(H,15,16)(H,17,18). The lowest BCUT2D eigenvalue weighted by molar-refractivity contribution is 0.0690. The lowest BCUT2D eigenvalue weighted by Crippen LogP contribution is -2.03. The molecule has 1 aromatic carbocycles. The molecule has 0 atom stereocenters. The van der Waals surface area contributed by atoms with E-state index in [-0.39, 0.29) is 5.69 Å². The molecular formula is C12H8ClIN2O2. The number of nitrogens with zero attached hydrogens (tertiary/aromatic N) is 1. The Labute approximate surface area is 122 Å². The van der Waals surface area contributed by atoms with Gasteiger partial charge in [-0.05, 0) is 52.9 Å². The summed E-state index contributed by atoms with van der Waals surface area (Å²) in [7, 11) is 0. The first-order chi connectivity index (χ1) is 8.56. The first-order valence-electron chi connectivity index (χ1n) is 4.98. The van der Waals surface area contributed by atoms with Crippen LogP contribution < -0.4 is 5.32 Å². The molecule has 0 aliphatic heterocycles. The third kappa shape index (κ3) is 3.11. The van der Waals surface area contributed by atoms with Gasteiger partial charge in [0.15, 0.2) is 5.69 Å². The Bertz CT molecular complexity index is 604. The van der Waals surface area contributed by atoms with Gasteiger partial charge < -0.3 is 10.4 Å². The molecule has 4 nitrogen and oxygen atoms in total. The third-order valence-electron chi connectivity index (χ3n) is 2.16. The maximum absolute atomic E-state index is 10.8. The molecule has 1 aromatic heterocycles. The number of hydrogen-bond donors (Lipinski definition) is 2. The van der Waals surface area contributed by atoms with Gasteiger partial charge >= 0.3 is 5.97 Å². The van der Waals surface area contributed by atoms with Crippen LogP contribution in [0, 0.1) is 3.57 Å². The van der Waals surface area contributed by atoms with Crippen molar-refractivity contribution in [3.63, 3.8) is 0 Å². The van der Waals surface area contributed by atoms with E-state index in [2.05, 4.69) is 32.9 Å². The molecule has 0 fully saturated rings. The van der Waals surface area contributed by atoms with Crippen molar-refractivity contribution in [3.05, 3.63) is 50.7 Å². The summed E-state index contributed by atoms with van der Waals surface area (Å²) in [5.41, 5.74) is 0.832. The summed E-state index contributed by atoms with van der Waals surface area (Å²) in [4.78, 5) is 14.8. The van der Waals surface area contributed by atoms with E-state index < -0.39 is 5.97 Å². The van der Waals surface area contributed by atoms with Crippen molar-refractivity contribution in [1.29, 1.82) is 0 Å². The highest BCUT2D eigenvalue weighted by molar-refractivity contribution is 14.1. The van der Waals surface area contributed by atoms with Gasteiger partial charge in [0.05, 0.1) is 5.69 Å². The lowest BCUT2D eigenvalue weighted by atomic mass is 10.3. The average Bonchev–Trinajstić information content (AvgIpc) is 2.33. The zero-order valence-corrected chi connectivity index (χ0v) is 11.9. The second kappa shape index (κ2) is 5.53. The maximum atomic E-state index is 10.8. The number of aromatic nitrogens is 1. The minimum Gasteiger partial charge on any atom is -0.477 e. The Hall–Kier alpha value is -1.34. The number of carbonyl (C=O) groups is 1. The predicted molar refractivity (Wildman–Crippen MR) is 78.6 cm³/mol. The molecule has 0 aliphatic rings. The number of hydrogen-bond acceptors (Lipinski definition) is 3.